The molecule has 0 aliphatic rings. The molecule has 8 heteroatoms. The number of nitrogens with zero attached hydrogens (tertiary/aromatic N) is 4. The van der Waals surface area contributed by atoms with Crippen molar-refractivity contribution in [2.24, 2.45) is 5.10 Å². The molecule has 24 heavy (non-hydrogen) atoms. The first-order chi connectivity index (χ1) is 11.5. The molecule has 2 heterocycles. The fourth-order valence-corrected chi connectivity index (χ4v) is 3.34. The van der Waals surface area contributed by atoms with Crippen LogP contribution in [0.25, 0.3) is 10.2 Å². The smallest absolute Gasteiger partial charge is 0.261 e. The van der Waals surface area contributed by atoms with Gasteiger partial charge in [-0.1, -0.05) is 12.1 Å². The highest BCUT2D eigenvalue weighted by Crippen LogP contribution is 2.32. The lowest BCUT2D eigenvalue weighted by molar-refractivity contribution is -0.385. The van der Waals surface area contributed by atoms with Gasteiger partial charge in [0.25, 0.3) is 5.69 Å². The van der Waals surface area contributed by atoms with Crippen LogP contribution in [0.2, 0.25) is 0 Å². The lowest BCUT2D eigenvalue weighted by Gasteiger charge is -2.02. The maximum Gasteiger partial charge on any atom is 0.272 e. The molecule has 0 saturated carbocycles. The van der Waals surface area contributed by atoms with E-state index < -0.39 is 4.92 Å². The molecule has 0 saturated heterocycles. The first-order valence-electron chi connectivity index (χ1n) is 7.22. The summed E-state index contributed by atoms with van der Waals surface area (Å²) >= 11 is 1.61. The van der Waals surface area contributed by atoms with E-state index in [-0.39, 0.29) is 5.69 Å². The van der Waals surface area contributed by atoms with Gasteiger partial charge in [-0.3, -0.25) is 15.5 Å². The van der Waals surface area contributed by atoms with E-state index in [9.17, 15) is 10.1 Å². The van der Waals surface area contributed by atoms with Crippen LogP contribution in [0, 0.1) is 30.9 Å². The number of nitrogens with one attached hydrogen (secondary N) is 1. The molecule has 0 amide bonds. The fourth-order valence-electron chi connectivity index (χ4n) is 2.34. The van der Waals surface area contributed by atoms with Crippen LogP contribution in [0.4, 0.5) is 11.5 Å². The Bertz CT molecular complexity index is 965. The van der Waals surface area contributed by atoms with Crippen LogP contribution in [0.15, 0.2) is 29.6 Å². The van der Waals surface area contributed by atoms with Gasteiger partial charge in [0.1, 0.15) is 11.2 Å². The molecule has 0 atom stereocenters. The molecule has 1 aromatic carbocycles. The third-order valence-corrected chi connectivity index (χ3v) is 4.89. The zero-order valence-corrected chi connectivity index (χ0v) is 14.2. The summed E-state index contributed by atoms with van der Waals surface area (Å²) in [7, 11) is 0. The average molecular weight is 341 g/mol. The van der Waals surface area contributed by atoms with E-state index in [1.54, 1.807) is 30.4 Å². The Hall–Kier alpha value is -2.87. The first-order valence-corrected chi connectivity index (χ1v) is 8.04. The van der Waals surface area contributed by atoms with Gasteiger partial charge in [0, 0.05) is 22.1 Å². The van der Waals surface area contributed by atoms with Crippen molar-refractivity contribution in [1.29, 1.82) is 0 Å². The van der Waals surface area contributed by atoms with Gasteiger partial charge in [-0.15, -0.1) is 11.3 Å². The number of aromatic nitrogens is 2. The summed E-state index contributed by atoms with van der Waals surface area (Å²) in [6.07, 6.45) is 3.03. The van der Waals surface area contributed by atoms with E-state index >= 15 is 0 Å². The van der Waals surface area contributed by atoms with Crippen molar-refractivity contribution in [3.05, 3.63) is 56.2 Å². The van der Waals surface area contributed by atoms with E-state index in [1.165, 1.54) is 23.5 Å². The van der Waals surface area contributed by atoms with Gasteiger partial charge in [0.2, 0.25) is 0 Å². The van der Waals surface area contributed by atoms with Crippen LogP contribution in [0.5, 0.6) is 0 Å². The summed E-state index contributed by atoms with van der Waals surface area (Å²) < 4.78 is 0. The monoisotopic (exact) mass is 341 g/mol. The minimum atomic E-state index is -0.397. The molecule has 3 aromatic rings. The Morgan fingerprint density at radius 1 is 1.29 bits per heavy atom. The number of hydrogen-bond acceptors (Lipinski definition) is 7. The number of aryl methyl sites for hydroxylation is 3. The van der Waals surface area contributed by atoms with Crippen LogP contribution in [0.3, 0.4) is 0 Å². The second-order valence-electron chi connectivity index (χ2n) is 5.36. The van der Waals surface area contributed by atoms with Crippen molar-refractivity contribution in [1.82, 2.24) is 9.97 Å². The Balaban J connectivity index is 1.87. The molecule has 0 radical (unpaired) electrons. The van der Waals surface area contributed by atoms with Gasteiger partial charge in [-0.05, 0) is 26.3 Å². The van der Waals surface area contributed by atoms with Gasteiger partial charge in [0.05, 0.1) is 16.5 Å². The van der Waals surface area contributed by atoms with Gasteiger partial charge in [-0.25, -0.2) is 9.97 Å². The number of nitro benzene ring substituents is 1. The van der Waals surface area contributed by atoms with Crippen molar-refractivity contribution in [3.63, 3.8) is 0 Å². The van der Waals surface area contributed by atoms with Gasteiger partial charge >= 0.3 is 0 Å². The molecule has 0 spiro atoms. The SMILES string of the molecule is Cc1ccc(/C=N\Nc2ncnc3sc(C)c(C)c23)cc1[N+](=O)[O-]. The first kappa shape index (κ1) is 16.0. The lowest BCUT2D eigenvalue weighted by atomic mass is 10.1. The Labute approximate surface area is 142 Å². The molecule has 7 nitrogen and oxygen atoms in total. The molecule has 0 bridgehead atoms. The third-order valence-electron chi connectivity index (χ3n) is 3.78. The summed E-state index contributed by atoms with van der Waals surface area (Å²) in [5.74, 6) is 0.625. The summed E-state index contributed by atoms with van der Waals surface area (Å²) in [4.78, 5) is 21.2. The van der Waals surface area contributed by atoms with Crippen LogP contribution < -0.4 is 5.43 Å². The quantitative estimate of drug-likeness (QED) is 0.440. The third kappa shape index (κ3) is 2.95. The highest BCUT2D eigenvalue weighted by atomic mass is 32.1. The zero-order chi connectivity index (χ0) is 17.3. The van der Waals surface area contributed by atoms with Gasteiger partial charge < -0.3 is 0 Å². The molecule has 2 aromatic heterocycles. The molecule has 122 valence electrons. The second kappa shape index (κ2) is 6.32. The molecular formula is C16H15N5O2S. The van der Waals surface area contributed by atoms with Crippen molar-refractivity contribution >= 4 is 39.3 Å². The zero-order valence-electron chi connectivity index (χ0n) is 13.4. The lowest BCUT2D eigenvalue weighted by Crippen LogP contribution is -1.97. The maximum atomic E-state index is 11.0. The fraction of sp³-hybridized carbons (Fsp3) is 0.188. The molecule has 3 rings (SSSR count). The maximum absolute atomic E-state index is 11.0. The second-order valence-corrected chi connectivity index (χ2v) is 6.56. The predicted octanol–water partition coefficient (Wildman–Crippen LogP) is 3.97. The Morgan fingerprint density at radius 3 is 2.83 bits per heavy atom. The number of benzene rings is 1. The van der Waals surface area contributed by atoms with Gasteiger partial charge in [-0.2, -0.15) is 5.10 Å². The van der Waals surface area contributed by atoms with Crippen LogP contribution in [-0.2, 0) is 0 Å². The molecule has 0 aliphatic heterocycles. The van der Waals surface area contributed by atoms with E-state index in [1.807, 2.05) is 13.8 Å². The molecule has 0 aliphatic carbocycles. The summed E-state index contributed by atoms with van der Waals surface area (Å²) in [5.41, 5.74) is 5.37. The van der Waals surface area contributed by atoms with E-state index in [4.69, 9.17) is 0 Å². The normalized spacial score (nSPS) is 11.3. The number of thiophene rings is 1. The number of hydrazone groups is 1. The summed E-state index contributed by atoms with van der Waals surface area (Å²) in [6.45, 7) is 5.77. The molecule has 0 fully saturated rings. The van der Waals surface area contributed by atoms with E-state index in [2.05, 4.69) is 20.5 Å². The Morgan fingerprint density at radius 2 is 2.08 bits per heavy atom. The highest BCUT2D eigenvalue weighted by Gasteiger charge is 2.12. The van der Waals surface area contributed by atoms with Crippen molar-refractivity contribution < 1.29 is 4.92 Å². The summed E-state index contributed by atoms with van der Waals surface area (Å²) in [5, 5.41) is 16.1. The van der Waals surface area contributed by atoms with Crippen LogP contribution in [0.1, 0.15) is 21.6 Å². The van der Waals surface area contributed by atoms with Crippen LogP contribution in [-0.4, -0.2) is 21.1 Å². The minimum Gasteiger partial charge on any atom is -0.261 e. The molecule has 1 N–H and O–H groups in total. The minimum absolute atomic E-state index is 0.0766. The summed E-state index contributed by atoms with van der Waals surface area (Å²) in [6, 6.07) is 4.98. The van der Waals surface area contributed by atoms with Crippen molar-refractivity contribution in [3.8, 4) is 0 Å². The standard InChI is InChI=1S/C16H15N5O2S/c1-9-4-5-12(6-13(9)21(22)23)7-19-20-15-14-10(2)11(3)24-16(14)18-8-17-15/h4-8H,1-3H3,(H,17,18,20)/b19-7-. The largest absolute Gasteiger partial charge is 0.272 e. The van der Waals surface area contributed by atoms with E-state index in [0.29, 0.717) is 16.9 Å². The predicted molar refractivity (Wildman–Crippen MR) is 95.9 cm³/mol. The van der Waals surface area contributed by atoms with Gasteiger partial charge in [0.15, 0.2) is 5.82 Å². The van der Waals surface area contributed by atoms with Crippen molar-refractivity contribution in [2.75, 3.05) is 5.43 Å². The van der Waals surface area contributed by atoms with Crippen molar-refractivity contribution in [2.45, 2.75) is 20.8 Å². The molecule has 0 unspecified atom stereocenters. The number of anilines is 1. The topological polar surface area (TPSA) is 93.3 Å². The number of fused-ring (bicyclic) bond motifs is 1. The van der Waals surface area contributed by atoms with E-state index in [0.717, 1.165) is 15.8 Å². The average Bonchev–Trinajstić information content (AvgIpc) is 2.84. The number of nitro groups is 1. The molecular weight excluding hydrogens is 326 g/mol. The van der Waals surface area contributed by atoms with Crippen LogP contribution >= 0.6 is 11.3 Å². The number of hydrogen-bond donors (Lipinski definition) is 1. The Kier molecular flexibility index (Phi) is 4.22. The highest BCUT2D eigenvalue weighted by molar-refractivity contribution is 7.18. The number of rotatable bonds is 4.